The Bertz CT molecular complexity index is 656. The van der Waals surface area contributed by atoms with Crippen molar-refractivity contribution in [1.29, 1.82) is 0 Å². The molecule has 1 aliphatic rings. The van der Waals surface area contributed by atoms with Crippen molar-refractivity contribution in [2.75, 3.05) is 29.9 Å². The van der Waals surface area contributed by atoms with Crippen LogP contribution in [0, 0.1) is 11.6 Å². The first kappa shape index (κ1) is 14.7. The van der Waals surface area contributed by atoms with E-state index in [1.54, 1.807) is 12.4 Å². The van der Waals surface area contributed by atoms with Crippen LogP contribution in [-0.2, 0) is 6.54 Å². The van der Waals surface area contributed by atoms with Crippen molar-refractivity contribution in [2.45, 2.75) is 19.4 Å². The molecule has 116 valence electrons. The molecular formula is C16H18F2N4. The zero-order valence-corrected chi connectivity index (χ0v) is 12.5. The van der Waals surface area contributed by atoms with Gasteiger partial charge >= 0.3 is 0 Å². The second-order valence-electron chi connectivity index (χ2n) is 5.53. The first-order valence-electron chi connectivity index (χ1n) is 7.35. The van der Waals surface area contributed by atoms with Gasteiger partial charge in [0.1, 0.15) is 18.0 Å². The predicted octanol–water partition coefficient (Wildman–Crippen LogP) is 2.99. The molecule has 0 atom stereocenters. The van der Waals surface area contributed by atoms with Crippen molar-refractivity contribution in [3.8, 4) is 0 Å². The molecule has 22 heavy (non-hydrogen) atoms. The number of anilines is 2. The highest BCUT2D eigenvalue weighted by molar-refractivity contribution is 5.50. The van der Waals surface area contributed by atoms with Crippen LogP contribution in [0.2, 0.25) is 0 Å². The Morgan fingerprint density at radius 3 is 2.59 bits per heavy atom. The maximum Gasteiger partial charge on any atom is 0.159 e. The lowest BCUT2D eigenvalue weighted by molar-refractivity contribution is 0.507. The van der Waals surface area contributed by atoms with Crippen LogP contribution < -0.4 is 9.80 Å². The number of nitrogens with zero attached hydrogens (tertiary/aromatic N) is 4. The molecule has 0 saturated carbocycles. The molecule has 6 heteroatoms. The summed E-state index contributed by atoms with van der Waals surface area (Å²) in [5.41, 5.74) is 0.697. The van der Waals surface area contributed by atoms with Gasteiger partial charge in [-0.15, -0.1) is 0 Å². The SMILES string of the molecule is CN(Cc1ccc(F)c(F)c1)c1cc(N2CCCC2)ncn1. The first-order chi connectivity index (χ1) is 10.6. The molecule has 0 radical (unpaired) electrons. The van der Waals surface area contributed by atoms with Crippen LogP contribution in [0.4, 0.5) is 20.4 Å². The molecule has 1 aromatic carbocycles. The third kappa shape index (κ3) is 3.16. The number of hydrogen-bond acceptors (Lipinski definition) is 4. The van der Waals surface area contributed by atoms with Gasteiger partial charge in [-0.1, -0.05) is 6.07 Å². The minimum Gasteiger partial charge on any atom is -0.356 e. The zero-order valence-electron chi connectivity index (χ0n) is 12.5. The van der Waals surface area contributed by atoms with Gasteiger partial charge < -0.3 is 9.80 Å². The quantitative estimate of drug-likeness (QED) is 0.869. The molecule has 2 heterocycles. The lowest BCUT2D eigenvalue weighted by Gasteiger charge is -2.21. The number of aromatic nitrogens is 2. The molecule has 1 fully saturated rings. The molecule has 0 aliphatic carbocycles. The lowest BCUT2D eigenvalue weighted by atomic mass is 10.2. The smallest absolute Gasteiger partial charge is 0.159 e. The third-order valence-corrected chi connectivity index (χ3v) is 3.86. The van der Waals surface area contributed by atoms with Crippen molar-refractivity contribution in [1.82, 2.24) is 9.97 Å². The average Bonchev–Trinajstić information content (AvgIpc) is 3.05. The van der Waals surface area contributed by atoms with Crippen molar-refractivity contribution in [3.05, 3.63) is 47.8 Å². The second kappa shape index (κ2) is 6.25. The Morgan fingerprint density at radius 1 is 1.09 bits per heavy atom. The van der Waals surface area contributed by atoms with Gasteiger partial charge in [0.25, 0.3) is 0 Å². The van der Waals surface area contributed by atoms with E-state index in [1.807, 2.05) is 18.0 Å². The van der Waals surface area contributed by atoms with Crippen LogP contribution in [0.3, 0.4) is 0 Å². The van der Waals surface area contributed by atoms with Crippen LogP contribution in [0.25, 0.3) is 0 Å². The minimum atomic E-state index is -0.829. The van der Waals surface area contributed by atoms with E-state index in [4.69, 9.17) is 0 Å². The van der Waals surface area contributed by atoms with Gasteiger partial charge in [0.15, 0.2) is 11.6 Å². The number of rotatable bonds is 4. The summed E-state index contributed by atoms with van der Waals surface area (Å²) < 4.78 is 26.2. The van der Waals surface area contributed by atoms with Crippen molar-refractivity contribution < 1.29 is 8.78 Å². The minimum absolute atomic E-state index is 0.452. The monoisotopic (exact) mass is 304 g/mol. The summed E-state index contributed by atoms with van der Waals surface area (Å²) in [7, 11) is 1.87. The lowest BCUT2D eigenvalue weighted by Crippen LogP contribution is -2.22. The molecule has 0 bridgehead atoms. The molecule has 0 N–H and O–H groups in total. The second-order valence-corrected chi connectivity index (χ2v) is 5.53. The average molecular weight is 304 g/mol. The molecule has 4 nitrogen and oxygen atoms in total. The summed E-state index contributed by atoms with van der Waals surface area (Å²) in [5, 5.41) is 0. The maximum atomic E-state index is 13.3. The van der Waals surface area contributed by atoms with E-state index in [1.165, 1.54) is 18.9 Å². The summed E-state index contributed by atoms with van der Waals surface area (Å²) in [6.07, 6.45) is 3.92. The van der Waals surface area contributed by atoms with Crippen LogP contribution in [0.1, 0.15) is 18.4 Å². The van der Waals surface area contributed by atoms with Gasteiger partial charge in [0.05, 0.1) is 0 Å². The third-order valence-electron chi connectivity index (χ3n) is 3.86. The van der Waals surface area contributed by atoms with Crippen LogP contribution in [0.5, 0.6) is 0 Å². The van der Waals surface area contributed by atoms with Crippen LogP contribution in [-0.4, -0.2) is 30.1 Å². The fraction of sp³-hybridized carbons (Fsp3) is 0.375. The maximum absolute atomic E-state index is 13.3. The van der Waals surface area contributed by atoms with Gasteiger partial charge in [-0.25, -0.2) is 18.7 Å². The molecule has 0 spiro atoms. The van der Waals surface area contributed by atoms with E-state index in [0.717, 1.165) is 30.8 Å². The van der Waals surface area contributed by atoms with E-state index < -0.39 is 11.6 Å². The molecule has 0 amide bonds. The topological polar surface area (TPSA) is 32.3 Å². The highest BCUT2D eigenvalue weighted by Crippen LogP contribution is 2.22. The van der Waals surface area contributed by atoms with Gasteiger partial charge in [0.2, 0.25) is 0 Å². The standard InChI is InChI=1S/C16H18F2N4/c1-21(10-12-4-5-13(17)14(18)8-12)15-9-16(20-11-19-15)22-6-2-3-7-22/h4-5,8-9,11H,2-3,6-7,10H2,1H3. The number of hydrogen-bond donors (Lipinski definition) is 0. The van der Waals surface area contributed by atoms with E-state index in [9.17, 15) is 8.78 Å². The summed E-state index contributed by atoms with van der Waals surface area (Å²) in [4.78, 5) is 12.7. The summed E-state index contributed by atoms with van der Waals surface area (Å²) in [6.45, 7) is 2.49. The van der Waals surface area contributed by atoms with E-state index in [2.05, 4.69) is 14.9 Å². The normalized spacial score (nSPS) is 14.4. The van der Waals surface area contributed by atoms with Crippen molar-refractivity contribution in [2.24, 2.45) is 0 Å². The summed E-state index contributed by atoms with van der Waals surface area (Å²) in [6, 6.07) is 5.88. The molecular weight excluding hydrogens is 286 g/mol. The van der Waals surface area contributed by atoms with E-state index in [-0.39, 0.29) is 0 Å². The molecule has 2 aromatic rings. The molecule has 0 unspecified atom stereocenters. The number of halogens is 2. The molecule has 1 aromatic heterocycles. The van der Waals surface area contributed by atoms with Gasteiger partial charge in [-0.3, -0.25) is 0 Å². The van der Waals surface area contributed by atoms with E-state index >= 15 is 0 Å². The van der Waals surface area contributed by atoms with Crippen molar-refractivity contribution >= 4 is 11.6 Å². The Labute approximate surface area is 128 Å². The van der Waals surface area contributed by atoms with E-state index in [0.29, 0.717) is 12.1 Å². The summed E-state index contributed by atoms with van der Waals surface area (Å²) >= 11 is 0. The zero-order chi connectivity index (χ0) is 15.5. The molecule has 1 aliphatic heterocycles. The van der Waals surface area contributed by atoms with Crippen molar-refractivity contribution in [3.63, 3.8) is 0 Å². The first-order valence-corrected chi connectivity index (χ1v) is 7.35. The largest absolute Gasteiger partial charge is 0.356 e. The molecule has 1 saturated heterocycles. The number of benzene rings is 1. The van der Waals surface area contributed by atoms with Gasteiger partial charge in [-0.2, -0.15) is 0 Å². The van der Waals surface area contributed by atoms with Crippen LogP contribution >= 0.6 is 0 Å². The highest BCUT2D eigenvalue weighted by Gasteiger charge is 2.15. The Kier molecular flexibility index (Phi) is 4.18. The van der Waals surface area contributed by atoms with Crippen LogP contribution in [0.15, 0.2) is 30.6 Å². The predicted molar refractivity (Wildman–Crippen MR) is 81.9 cm³/mol. The highest BCUT2D eigenvalue weighted by atomic mass is 19.2. The Morgan fingerprint density at radius 2 is 1.86 bits per heavy atom. The Balaban J connectivity index is 1.75. The summed E-state index contributed by atoms with van der Waals surface area (Å²) in [5.74, 6) is 0.0253. The fourth-order valence-electron chi connectivity index (χ4n) is 2.66. The molecule has 3 rings (SSSR count). The Hall–Kier alpha value is -2.24. The fourth-order valence-corrected chi connectivity index (χ4v) is 2.66. The van der Waals surface area contributed by atoms with Gasteiger partial charge in [0, 0.05) is 32.7 Å². The van der Waals surface area contributed by atoms with Gasteiger partial charge in [-0.05, 0) is 30.5 Å².